The van der Waals surface area contributed by atoms with E-state index >= 15 is 0 Å². The Hall–Kier alpha value is -0.190. The highest BCUT2D eigenvalue weighted by Gasteiger charge is 2.12. The van der Waals surface area contributed by atoms with Gasteiger partial charge in [-0.05, 0) is 32.1 Å². The van der Waals surface area contributed by atoms with Crippen LogP contribution in [0, 0.1) is 0 Å². The lowest BCUT2D eigenvalue weighted by atomic mass is 10.1. The third-order valence-electron chi connectivity index (χ3n) is 5.92. The SMILES string of the molecule is CCCCCCCCCCC/C=C\CCCCCCCCCOP(=O)([O-])OCC[N+](C)(C)C. The number of rotatable bonds is 25. The van der Waals surface area contributed by atoms with Crippen LogP contribution in [-0.2, 0) is 13.6 Å². The summed E-state index contributed by atoms with van der Waals surface area (Å²) in [6.45, 7) is 3.30. The van der Waals surface area contributed by atoms with E-state index in [4.69, 9.17) is 9.05 Å². The van der Waals surface area contributed by atoms with Gasteiger partial charge in [-0.1, -0.05) is 103 Å². The van der Waals surface area contributed by atoms with E-state index < -0.39 is 7.82 Å². The molecule has 0 saturated heterocycles. The Kier molecular flexibility index (Phi) is 22.2. The summed E-state index contributed by atoms with van der Waals surface area (Å²) >= 11 is 0. The Morgan fingerprint density at radius 1 is 0.636 bits per heavy atom. The van der Waals surface area contributed by atoms with E-state index in [9.17, 15) is 9.46 Å². The number of phosphoric acid groups is 1. The molecule has 1 atom stereocenters. The fourth-order valence-corrected chi connectivity index (χ4v) is 4.43. The lowest BCUT2D eigenvalue weighted by Crippen LogP contribution is -2.37. The highest BCUT2D eigenvalue weighted by Crippen LogP contribution is 2.38. The molecule has 0 aliphatic rings. The van der Waals surface area contributed by atoms with Gasteiger partial charge in [-0.15, -0.1) is 0 Å². The Bertz CT molecular complexity index is 491. The number of allylic oxidation sites excluding steroid dienone is 2. The third-order valence-corrected chi connectivity index (χ3v) is 6.91. The lowest BCUT2D eigenvalue weighted by molar-refractivity contribution is -0.870. The average Bonchev–Trinajstić information content (AvgIpc) is 2.73. The Morgan fingerprint density at radius 2 is 1.03 bits per heavy atom. The number of unbranched alkanes of at least 4 members (excludes halogenated alkanes) is 16. The van der Waals surface area contributed by atoms with Gasteiger partial charge in [0, 0.05) is 0 Å². The van der Waals surface area contributed by atoms with Crippen molar-refractivity contribution >= 4 is 7.82 Å². The molecule has 0 bridgehead atoms. The van der Waals surface area contributed by atoms with Crippen LogP contribution in [0.4, 0.5) is 0 Å². The first-order valence-electron chi connectivity index (χ1n) is 13.8. The van der Waals surface area contributed by atoms with Crippen molar-refractivity contribution in [3.63, 3.8) is 0 Å². The normalized spacial score (nSPS) is 14.2. The number of nitrogens with zero attached hydrogens (tertiary/aromatic N) is 1. The maximum atomic E-state index is 11.7. The van der Waals surface area contributed by atoms with E-state index in [0.717, 1.165) is 19.3 Å². The Morgan fingerprint density at radius 3 is 1.48 bits per heavy atom. The first-order valence-corrected chi connectivity index (χ1v) is 15.3. The molecular formula is C27H56NO4P. The summed E-state index contributed by atoms with van der Waals surface area (Å²) in [6.07, 6.45) is 27.8. The van der Waals surface area contributed by atoms with Gasteiger partial charge in [0.2, 0.25) is 0 Å². The van der Waals surface area contributed by atoms with Crippen molar-refractivity contribution in [2.75, 3.05) is 40.9 Å². The first kappa shape index (κ1) is 32.8. The van der Waals surface area contributed by atoms with E-state index in [0.29, 0.717) is 11.0 Å². The number of likely N-dealkylation sites (N-methyl/N-ethyl adjacent to an activating group) is 1. The van der Waals surface area contributed by atoms with Crippen molar-refractivity contribution < 1.29 is 23.0 Å². The van der Waals surface area contributed by atoms with Crippen LogP contribution in [0.5, 0.6) is 0 Å². The van der Waals surface area contributed by atoms with Gasteiger partial charge in [-0.25, -0.2) is 0 Å². The molecule has 0 N–H and O–H groups in total. The Balaban J connectivity index is 3.31. The van der Waals surface area contributed by atoms with Gasteiger partial charge >= 0.3 is 0 Å². The van der Waals surface area contributed by atoms with E-state index in [1.165, 1.54) is 96.3 Å². The summed E-state index contributed by atoms with van der Waals surface area (Å²) in [7, 11) is 1.85. The smallest absolute Gasteiger partial charge is 0.268 e. The van der Waals surface area contributed by atoms with Crippen molar-refractivity contribution in [2.24, 2.45) is 0 Å². The fourth-order valence-electron chi connectivity index (χ4n) is 3.70. The van der Waals surface area contributed by atoms with E-state index in [1.54, 1.807) is 0 Å². The molecule has 0 fully saturated rings. The molecule has 0 heterocycles. The Labute approximate surface area is 206 Å². The van der Waals surface area contributed by atoms with Crippen LogP contribution in [0.2, 0.25) is 0 Å². The minimum absolute atomic E-state index is 0.165. The van der Waals surface area contributed by atoms with Gasteiger partial charge in [-0.2, -0.15) is 0 Å². The first-order chi connectivity index (χ1) is 15.8. The molecule has 0 radical (unpaired) electrons. The predicted octanol–water partition coefficient (Wildman–Crippen LogP) is 7.79. The monoisotopic (exact) mass is 489 g/mol. The molecule has 198 valence electrons. The molecule has 0 aliphatic heterocycles. The maximum Gasteiger partial charge on any atom is 0.268 e. The maximum absolute atomic E-state index is 11.7. The van der Waals surface area contributed by atoms with Crippen molar-refractivity contribution in [3.8, 4) is 0 Å². The summed E-state index contributed by atoms with van der Waals surface area (Å²) < 4.78 is 22.2. The quantitative estimate of drug-likeness (QED) is 0.0568. The summed E-state index contributed by atoms with van der Waals surface area (Å²) in [5, 5.41) is 0. The molecule has 5 nitrogen and oxygen atoms in total. The molecule has 0 aromatic heterocycles. The number of hydrogen-bond donors (Lipinski definition) is 0. The van der Waals surface area contributed by atoms with Gasteiger partial charge < -0.3 is 18.4 Å². The summed E-state index contributed by atoms with van der Waals surface area (Å²) in [5.74, 6) is 0. The van der Waals surface area contributed by atoms with Crippen molar-refractivity contribution in [3.05, 3.63) is 12.2 Å². The molecule has 0 aliphatic carbocycles. The zero-order valence-electron chi connectivity index (χ0n) is 22.5. The molecule has 0 rings (SSSR count). The lowest BCUT2D eigenvalue weighted by Gasteiger charge is -2.27. The molecule has 1 unspecified atom stereocenters. The second-order valence-corrected chi connectivity index (χ2v) is 11.9. The number of phosphoric ester groups is 1. The van der Waals surface area contributed by atoms with Crippen LogP contribution in [0.15, 0.2) is 12.2 Å². The average molecular weight is 490 g/mol. The molecule has 33 heavy (non-hydrogen) atoms. The summed E-state index contributed by atoms with van der Waals surface area (Å²) in [6, 6.07) is 0. The summed E-state index contributed by atoms with van der Waals surface area (Å²) in [5.41, 5.74) is 0. The highest BCUT2D eigenvalue weighted by atomic mass is 31.2. The minimum atomic E-state index is -4.14. The zero-order valence-corrected chi connectivity index (χ0v) is 23.4. The van der Waals surface area contributed by atoms with Gasteiger partial charge in [0.15, 0.2) is 0 Å². The number of quaternary nitrogens is 1. The van der Waals surface area contributed by atoms with E-state index in [1.807, 2.05) is 21.1 Å². The molecular weight excluding hydrogens is 433 g/mol. The molecule has 0 amide bonds. The number of hydrogen-bond acceptors (Lipinski definition) is 4. The topological polar surface area (TPSA) is 58.6 Å². The summed E-state index contributed by atoms with van der Waals surface area (Å²) in [4.78, 5) is 11.7. The highest BCUT2D eigenvalue weighted by molar-refractivity contribution is 7.45. The van der Waals surface area contributed by atoms with Gasteiger partial charge in [0.1, 0.15) is 13.2 Å². The van der Waals surface area contributed by atoms with Crippen LogP contribution < -0.4 is 4.89 Å². The van der Waals surface area contributed by atoms with Crippen LogP contribution in [0.3, 0.4) is 0 Å². The minimum Gasteiger partial charge on any atom is -0.756 e. The molecule has 0 saturated carbocycles. The van der Waals surface area contributed by atoms with Crippen LogP contribution in [0.1, 0.15) is 122 Å². The van der Waals surface area contributed by atoms with Crippen LogP contribution in [0.25, 0.3) is 0 Å². The fraction of sp³-hybridized carbons (Fsp3) is 0.926. The standard InChI is InChI=1S/C27H56NO4P/c1-5-6-7-8-9-10-11-12-13-14-15-16-17-18-19-20-21-22-23-24-26-31-33(29,30)32-27-25-28(2,3)4/h15-16H,5-14,17-27H2,1-4H3/b16-15-. The second kappa shape index (κ2) is 22.3. The third kappa shape index (κ3) is 27.9. The molecule has 0 spiro atoms. The predicted molar refractivity (Wildman–Crippen MR) is 140 cm³/mol. The largest absolute Gasteiger partial charge is 0.756 e. The van der Waals surface area contributed by atoms with Crippen LogP contribution >= 0.6 is 7.82 Å². The molecule has 0 aromatic carbocycles. The second-order valence-electron chi connectivity index (χ2n) is 10.5. The van der Waals surface area contributed by atoms with E-state index in [-0.39, 0.29) is 13.2 Å². The molecule has 6 heteroatoms. The van der Waals surface area contributed by atoms with Gasteiger partial charge in [0.05, 0.1) is 27.7 Å². The molecule has 0 aromatic rings. The van der Waals surface area contributed by atoms with Crippen LogP contribution in [-0.4, -0.2) is 45.4 Å². The van der Waals surface area contributed by atoms with E-state index in [2.05, 4.69) is 19.1 Å². The van der Waals surface area contributed by atoms with Crippen molar-refractivity contribution in [2.45, 2.75) is 122 Å². The van der Waals surface area contributed by atoms with Crippen molar-refractivity contribution in [1.82, 2.24) is 0 Å². The van der Waals surface area contributed by atoms with Gasteiger partial charge in [0.25, 0.3) is 7.82 Å². The zero-order chi connectivity index (χ0) is 24.7. The van der Waals surface area contributed by atoms with Crippen molar-refractivity contribution in [1.29, 1.82) is 0 Å². The van der Waals surface area contributed by atoms with Gasteiger partial charge in [-0.3, -0.25) is 4.57 Å².